The molecule has 0 bridgehead atoms. The van der Waals surface area contributed by atoms with E-state index in [1.807, 2.05) is 18.7 Å². The molecule has 7 heteroatoms. The topological polar surface area (TPSA) is 57.7 Å². The maximum Gasteiger partial charge on any atom is 0.254 e. The number of fused-ring (bicyclic) bond motifs is 1. The lowest BCUT2D eigenvalue weighted by Gasteiger charge is -2.34. The van der Waals surface area contributed by atoms with E-state index in [0.717, 1.165) is 25.7 Å². The zero-order chi connectivity index (χ0) is 19.9. The standard InChI is InChI=1S/C21H26N2O3S2/c1-15-6-3-4-11-23(15)28(25,26)18-8-5-7-17(14-18)21(24)22-12-9-20-19(16(22)2)10-13-27-20/h5,7-8,10,13-16H,3-4,6,9,11-12H2,1-2H3/t15-,16+/m1/s1. The Hall–Kier alpha value is -1.70. The summed E-state index contributed by atoms with van der Waals surface area (Å²) in [5, 5.41) is 2.07. The van der Waals surface area contributed by atoms with E-state index in [9.17, 15) is 13.2 Å². The summed E-state index contributed by atoms with van der Waals surface area (Å²) in [5.41, 5.74) is 1.65. The Morgan fingerprint density at radius 1 is 1.14 bits per heavy atom. The van der Waals surface area contributed by atoms with Crippen molar-refractivity contribution in [1.82, 2.24) is 9.21 Å². The second-order valence-electron chi connectivity index (χ2n) is 7.71. The first kappa shape index (κ1) is 19.6. The van der Waals surface area contributed by atoms with E-state index < -0.39 is 10.0 Å². The Morgan fingerprint density at radius 3 is 2.75 bits per heavy atom. The van der Waals surface area contributed by atoms with Crippen LogP contribution in [0.2, 0.25) is 0 Å². The number of hydrogen-bond acceptors (Lipinski definition) is 4. The maximum atomic E-state index is 13.2. The molecule has 1 amide bonds. The zero-order valence-corrected chi connectivity index (χ0v) is 17.9. The van der Waals surface area contributed by atoms with Gasteiger partial charge in [0.2, 0.25) is 10.0 Å². The first-order valence-corrected chi connectivity index (χ1v) is 12.2. The molecule has 2 aliphatic heterocycles. The van der Waals surface area contributed by atoms with Crippen LogP contribution < -0.4 is 0 Å². The Kier molecular flexibility index (Phi) is 5.33. The van der Waals surface area contributed by atoms with Crippen LogP contribution in [0.4, 0.5) is 0 Å². The SMILES string of the molecule is C[C@@H]1CCCCN1S(=O)(=O)c1cccc(C(=O)N2CCc3sccc3[C@@H]2C)c1. The van der Waals surface area contributed by atoms with Gasteiger partial charge < -0.3 is 4.90 Å². The first-order valence-electron chi connectivity index (χ1n) is 9.88. The van der Waals surface area contributed by atoms with E-state index in [0.29, 0.717) is 18.7 Å². The van der Waals surface area contributed by atoms with Crippen molar-refractivity contribution in [2.75, 3.05) is 13.1 Å². The van der Waals surface area contributed by atoms with Crippen LogP contribution >= 0.6 is 11.3 Å². The molecule has 0 radical (unpaired) electrons. The van der Waals surface area contributed by atoms with Crippen LogP contribution in [-0.2, 0) is 16.4 Å². The highest BCUT2D eigenvalue weighted by Gasteiger charge is 2.33. The quantitative estimate of drug-likeness (QED) is 0.755. The summed E-state index contributed by atoms with van der Waals surface area (Å²) in [4.78, 5) is 16.6. The van der Waals surface area contributed by atoms with Crippen LogP contribution in [0.25, 0.3) is 0 Å². The van der Waals surface area contributed by atoms with Crippen LogP contribution in [-0.4, -0.2) is 42.7 Å². The van der Waals surface area contributed by atoms with Gasteiger partial charge in [-0.25, -0.2) is 8.42 Å². The maximum absolute atomic E-state index is 13.2. The van der Waals surface area contributed by atoms with Crippen molar-refractivity contribution in [2.45, 2.75) is 56.5 Å². The summed E-state index contributed by atoms with van der Waals surface area (Å²) >= 11 is 1.74. The normalized spacial score (nSPS) is 23.4. The van der Waals surface area contributed by atoms with Crippen LogP contribution in [0, 0.1) is 0 Å². The highest BCUT2D eigenvalue weighted by Crippen LogP contribution is 2.34. The molecule has 3 heterocycles. The van der Waals surface area contributed by atoms with Crippen LogP contribution in [0.3, 0.4) is 0 Å². The van der Waals surface area contributed by atoms with Crippen molar-refractivity contribution < 1.29 is 13.2 Å². The Bertz CT molecular complexity index is 983. The first-order chi connectivity index (χ1) is 13.4. The Labute approximate surface area is 171 Å². The van der Waals surface area contributed by atoms with Crippen molar-refractivity contribution in [3.05, 3.63) is 51.7 Å². The van der Waals surface area contributed by atoms with E-state index >= 15 is 0 Å². The van der Waals surface area contributed by atoms with Crippen molar-refractivity contribution >= 4 is 27.3 Å². The van der Waals surface area contributed by atoms with Gasteiger partial charge in [-0.2, -0.15) is 4.31 Å². The predicted molar refractivity (Wildman–Crippen MR) is 111 cm³/mol. The summed E-state index contributed by atoms with van der Waals surface area (Å²) < 4.78 is 27.9. The van der Waals surface area contributed by atoms with Crippen LogP contribution in [0.1, 0.15) is 60.0 Å². The molecule has 1 aromatic heterocycles. The van der Waals surface area contributed by atoms with Crippen LogP contribution in [0.15, 0.2) is 40.6 Å². The number of benzene rings is 1. The van der Waals surface area contributed by atoms with Gasteiger partial charge in [-0.1, -0.05) is 12.5 Å². The molecular formula is C21H26N2O3S2. The largest absolute Gasteiger partial charge is 0.331 e. The molecule has 0 aliphatic carbocycles. The molecule has 0 spiro atoms. The van der Waals surface area contributed by atoms with E-state index in [2.05, 4.69) is 11.4 Å². The molecule has 150 valence electrons. The number of piperidine rings is 1. The summed E-state index contributed by atoms with van der Waals surface area (Å²) in [5.74, 6) is -0.104. The molecule has 0 saturated carbocycles. The van der Waals surface area contributed by atoms with E-state index in [-0.39, 0.29) is 22.9 Å². The minimum atomic E-state index is -3.59. The lowest BCUT2D eigenvalue weighted by atomic mass is 10.0. The summed E-state index contributed by atoms with van der Waals surface area (Å²) in [6.45, 7) is 5.21. The third-order valence-electron chi connectivity index (χ3n) is 5.97. The minimum absolute atomic E-state index is 0.00256. The summed E-state index contributed by atoms with van der Waals surface area (Å²) in [6.07, 6.45) is 3.68. The fourth-order valence-electron chi connectivity index (χ4n) is 4.31. The molecule has 2 atom stereocenters. The molecule has 1 fully saturated rings. The van der Waals surface area contributed by atoms with Gasteiger partial charge in [-0.15, -0.1) is 11.3 Å². The average Bonchev–Trinajstić information content (AvgIpc) is 3.18. The number of nitrogens with zero attached hydrogens (tertiary/aromatic N) is 2. The second kappa shape index (κ2) is 7.61. The Morgan fingerprint density at radius 2 is 1.96 bits per heavy atom. The number of rotatable bonds is 3. The molecule has 5 nitrogen and oxygen atoms in total. The van der Waals surface area contributed by atoms with E-state index in [1.165, 1.54) is 10.4 Å². The van der Waals surface area contributed by atoms with Gasteiger partial charge in [0.05, 0.1) is 10.9 Å². The van der Waals surface area contributed by atoms with Gasteiger partial charge in [0.1, 0.15) is 0 Å². The fourth-order valence-corrected chi connectivity index (χ4v) is 7.02. The molecule has 1 saturated heterocycles. The average molecular weight is 419 g/mol. The predicted octanol–water partition coefficient (Wildman–Crippen LogP) is 4.07. The highest BCUT2D eigenvalue weighted by molar-refractivity contribution is 7.89. The summed E-state index contributed by atoms with van der Waals surface area (Å²) in [6, 6.07) is 8.64. The van der Waals surface area contributed by atoms with E-state index in [4.69, 9.17) is 0 Å². The molecule has 2 aliphatic rings. The molecule has 2 aromatic rings. The number of carbonyl (C=O) groups excluding carboxylic acids is 1. The monoisotopic (exact) mass is 418 g/mol. The summed E-state index contributed by atoms with van der Waals surface area (Å²) in [7, 11) is -3.59. The van der Waals surface area contributed by atoms with Crippen molar-refractivity contribution in [1.29, 1.82) is 0 Å². The highest BCUT2D eigenvalue weighted by atomic mass is 32.2. The zero-order valence-electron chi connectivity index (χ0n) is 16.3. The van der Waals surface area contributed by atoms with Gasteiger partial charge in [0, 0.05) is 29.6 Å². The molecule has 0 N–H and O–H groups in total. The van der Waals surface area contributed by atoms with Gasteiger partial charge >= 0.3 is 0 Å². The number of thiophene rings is 1. The van der Waals surface area contributed by atoms with Gasteiger partial charge in [0.15, 0.2) is 0 Å². The molecule has 0 unspecified atom stereocenters. The molecule has 4 rings (SSSR count). The third-order valence-corrected chi connectivity index (χ3v) is 8.97. The number of amides is 1. The number of carbonyl (C=O) groups is 1. The van der Waals surface area contributed by atoms with E-state index in [1.54, 1.807) is 39.9 Å². The second-order valence-corrected chi connectivity index (χ2v) is 10.6. The smallest absolute Gasteiger partial charge is 0.254 e. The lowest BCUT2D eigenvalue weighted by molar-refractivity contribution is 0.0679. The van der Waals surface area contributed by atoms with Gasteiger partial charge in [0.25, 0.3) is 5.91 Å². The fraction of sp³-hybridized carbons (Fsp3) is 0.476. The minimum Gasteiger partial charge on any atom is -0.331 e. The third kappa shape index (κ3) is 3.40. The Balaban J connectivity index is 1.61. The molecule has 28 heavy (non-hydrogen) atoms. The van der Waals surface area contributed by atoms with Crippen LogP contribution in [0.5, 0.6) is 0 Å². The number of sulfonamides is 1. The van der Waals surface area contributed by atoms with Gasteiger partial charge in [-0.05, 0) is 68.3 Å². The van der Waals surface area contributed by atoms with Crippen molar-refractivity contribution in [2.24, 2.45) is 0 Å². The molecule has 1 aromatic carbocycles. The lowest BCUT2D eigenvalue weighted by Crippen LogP contribution is -2.42. The van der Waals surface area contributed by atoms with Crippen molar-refractivity contribution in [3.63, 3.8) is 0 Å². The van der Waals surface area contributed by atoms with Crippen molar-refractivity contribution in [3.8, 4) is 0 Å². The molecular weight excluding hydrogens is 392 g/mol. The number of hydrogen-bond donors (Lipinski definition) is 0. The van der Waals surface area contributed by atoms with Gasteiger partial charge in [-0.3, -0.25) is 4.79 Å².